The zero-order valence-electron chi connectivity index (χ0n) is 10.3. The van der Waals surface area contributed by atoms with Gasteiger partial charge in [0.05, 0.1) is 6.61 Å². The van der Waals surface area contributed by atoms with E-state index in [-0.39, 0.29) is 0 Å². The van der Waals surface area contributed by atoms with Crippen LogP contribution in [0.4, 0.5) is 0 Å². The summed E-state index contributed by atoms with van der Waals surface area (Å²) >= 11 is 1.79. The predicted octanol–water partition coefficient (Wildman–Crippen LogP) is 4.49. The molecule has 17 heavy (non-hydrogen) atoms. The van der Waals surface area contributed by atoms with E-state index in [4.69, 9.17) is 4.74 Å². The van der Waals surface area contributed by atoms with Gasteiger partial charge in [0, 0.05) is 11.3 Å². The van der Waals surface area contributed by atoms with Crippen LogP contribution in [0.25, 0.3) is 0 Å². The lowest BCUT2D eigenvalue weighted by molar-refractivity contribution is 0.318. The zero-order valence-corrected chi connectivity index (χ0v) is 11.2. The van der Waals surface area contributed by atoms with Gasteiger partial charge in [-0.1, -0.05) is 38.1 Å². The summed E-state index contributed by atoms with van der Waals surface area (Å²) in [5.74, 6) is 1.53. The minimum atomic E-state index is 0.507. The van der Waals surface area contributed by atoms with Crippen molar-refractivity contribution in [2.75, 3.05) is 6.61 Å². The first-order valence-corrected chi connectivity index (χ1v) is 6.89. The Morgan fingerprint density at radius 2 is 1.94 bits per heavy atom. The van der Waals surface area contributed by atoms with Crippen LogP contribution < -0.4 is 4.74 Å². The minimum Gasteiger partial charge on any atom is -0.493 e. The van der Waals surface area contributed by atoms with Crippen LogP contribution in [0.5, 0.6) is 5.75 Å². The molecule has 90 valence electrons. The lowest BCUT2D eigenvalue weighted by Gasteiger charge is -2.13. The first-order valence-electron chi connectivity index (χ1n) is 6.01. The fraction of sp³-hybridized carbons (Fsp3) is 0.333. The molecule has 0 unspecified atom stereocenters. The molecule has 0 saturated carbocycles. The Balaban J connectivity index is 1.94. The Morgan fingerprint density at radius 1 is 1.12 bits per heavy atom. The summed E-state index contributed by atoms with van der Waals surface area (Å²) in [6.07, 6.45) is 0.990. The molecule has 1 nitrogen and oxygen atoms in total. The SMILES string of the molecule is CC(C)c1ccccc1OCCc1cccs1. The van der Waals surface area contributed by atoms with Crippen LogP contribution in [-0.4, -0.2) is 6.61 Å². The third-order valence-corrected chi connectivity index (χ3v) is 3.66. The molecule has 0 spiro atoms. The highest BCUT2D eigenvalue weighted by Gasteiger charge is 2.06. The van der Waals surface area contributed by atoms with Gasteiger partial charge in [-0.05, 0) is 29.0 Å². The van der Waals surface area contributed by atoms with Gasteiger partial charge in [-0.25, -0.2) is 0 Å². The zero-order chi connectivity index (χ0) is 12.1. The molecular weight excluding hydrogens is 228 g/mol. The van der Waals surface area contributed by atoms with Crippen LogP contribution in [0.1, 0.15) is 30.2 Å². The van der Waals surface area contributed by atoms with Gasteiger partial charge in [0.1, 0.15) is 5.75 Å². The highest BCUT2D eigenvalue weighted by molar-refractivity contribution is 7.09. The Labute approximate surface area is 107 Å². The highest BCUT2D eigenvalue weighted by atomic mass is 32.1. The number of para-hydroxylation sites is 1. The number of hydrogen-bond donors (Lipinski definition) is 0. The second-order valence-corrected chi connectivity index (χ2v) is 5.40. The topological polar surface area (TPSA) is 9.23 Å². The van der Waals surface area contributed by atoms with Crippen molar-refractivity contribution >= 4 is 11.3 Å². The second kappa shape index (κ2) is 5.87. The second-order valence-electron chi connectivity index (χ2n) is 4.37. The third-order valence-electron chi connectivity index (χ3n) is 2.73. The van der Waals surface area contributed by atoms with Crippen molar-refractivity contribution in [2.24, 2.45) is 0 Å². The Kier molecular flexibility index (Phi) is 4.21. The average molecular weight is 246 g/mol. The quantitative estimate of drug-likeness (QED) is 0.755. The molecule has 2 heteroatoms. The molecule has 1 aromatic carbocycles. The number of thiophene rings is 1. The molecule has 0 atom stereocenters. The molecule has 0 bridgehead atoms. The summed E-state index contributed by atoms with van der Waals surface area (Å²) < 4.78 is 5.88. The van der Waals surface area contributed by atoms with E-state index in [1.165, 1.54) is 10.4 Å². The van der Waals surface area contributed by atoms with Crippen LogP contribution in [0.2, 0.25) is 0 Å². The fourth-order valence-electron chi connectivity index (χ4n) is 1.81. The average Bonchev–Trinajstić information content (AvgIpc) is 2.82. The highest BCUT2D eigenvalue weighted by Crippen LogP contribution is 2.26. The van der Waals surface area contributed by atoms with Crippen LogP contribution in [0.3, 0.4) is 0 Å². The van der Waals surface area contributed by atoms with Crippen molar-refractivity contribution in [1.29, 1.82) is 0 Å². The summed E-state index contributed by atoms with van der Waals surface area (Å²) in [6.45, 7) is 5.15. The van der Waals surface area contributed by atoms with Crippen molar-refractivity contribution in [3.63, 3.8) is 0 Å². The van der Waals surface area contributed by atoms with Crippen molar-refractivity contribution in [3.05, 3.63) is 52.2 Å². The van der Waals surface area contributed by atoms with E-state index in [1.807, 2.05) is 6.07 Å². The summed E-state index contributed by atoms with van der Waals surface area (Å²) in [7, 11) is 0. The van der Waals surface area contributed by atoms with Crippen LogP contribution in [0, 0.1) is 0 Å². The van der Waals surface area contributed by atoms with Gasteiger partial charge in [0.25, 0.3) is 0 Å². The number of ether oxygens (including phenoxy) is 1. The van der Waals surface area contributed by atoms with Gasteiger partial charge in [-0.15, -0.1) is 11.3 Å². The van der Waals surface area contributed by atoms with E-state index in [2.05, 4.69) is 49.6 Å². The molecule has 2 rings (SSSR count). The van der Waals surface area contributed by atoms with E-state index in [9.17, 15) is 0 Å². The van der Waals surface area contributed by atoms with Crippen molar-refractivity contribution in [2.45, 2.75) is 26.2 Å². The maximum absolute atomic E-state index is 5.88. The molecule has 1 aromatic heterocycles. The van der Waals surface area contributed by atoms with Gasteiger partial charge < -0.3 is 4.74 Å². The van der Waals surface area contributed by atoms with Crippen molar-refractivity contribution in [3.8, 4) is 5.75 Å². The Morgan fingerprint density at radius 3 is 2.65 bits per heavy atom. The van der Waals surface area contributed by atoms with E-state index in [0.717, 1.165) is 18.8 Å². The lowest BCUT2D eigenvalue weighted by atomic mass is 10.0. The molecule has 0 aliphatic heterocycles. The van der Waals surface area contributed by atoms with Gasteiger partial charge in [0.2, 0.25) is 0 Å². The maximum atomic E-state index is 5.88. The first-order chi connectivity index (χ1) is 8.27. The van der Waals surface area contributed by atoms with E-state index < -0.39 is 0 Å². The smallest absolute Gasteiger partial charge is 0.122 e. The van der Waals surface area contributed by atoms with Crippen molar-refractivity contribution < 1.29 is 4.74 Å². The summed E-state index contributed by atoms with van der Waals surface area (Å²) in [4.78, 5) is 1.38. The molecule has 0 saturated heterocycles. The molecule has 0 aliphatic carbocycles. The summed E-state index contributed by atoms with van der Waals surface area (Å²) in [5.41, 5.74) is 1.29. The molecule has 2 aromatic rings. The molecule has 1 heterocycles. The van der Waals surface area contributed by atoms with Crippen molar-refractivity contribution in [1.82, 2.24) is 0 Å². The molecule has 0 fully saturated rings. The molecule has 0 aliphatic rings. The van der Waals surface area contributed by atoms with Gasteiger partial charge >= 0.3 is 0 Å². The maximum Gasteiger partial charge on any atom is 0.122 e. The number of rotatable bonds is 5. The van der Waals surface area contributed by atoms with Gasteiger partial charge in [0.15, 0.2) is 0 Å². The standard InChI is InChI=1S/C15H18OS/c1-12(2)14-7-3-4-8-15(14)16-10-9-13-6-5-11-17-13/h3-8,11-12H,9-10H2,1-2H3. The van der Waals surface area contributed by atoms with E-state index in [1.54, 1.807) is 11.3 Å². The molecule has 0 amide bonds. The Bertz CT molecular complexity index is 446. The number of benzene rings is 1. The van der Waals surface area contributed by atoms with Gasteiger partial charge in [-0.2, -0.15) is 0 Å². The van der Waals surface area contributed by atoms with Crippen LogP contribution >= 0.6 is 11.3 Å². The van der Waals surface area contributed by atoms with E-state index >= 15 is 0 Å². The van der Waals surface area contributed by atoms with Crippen LogP contribution in [0.15, 0.2) is 41.8 Å². The summed E-state index contributed by atoms with van der Waals surface area (Å²) in [6, 6.07) is 12.5. The lowest BCUT2D eigenvalue weighted by Crippen LogP contribution is -2.03. The largest absolute Gasteiger partial charge is 0.493 e. The normalized spacial score (nSPS) is 10.8. The summed E-state index contributed by atoms with van der Waals surface area (Å²) in [5, 5.41) is 2.11. The van der Waals surface area contributed by atoms with E-state index in [0.29, 0.717) is 5.92 Å². The molecule has 0 N–H and O–H groups in total. The fourth-order valence-corrected chi connectivity index (χ4v) is 2.50. The third kappa shape index (κ3) is 3.34. The van der Waals surface area contributed by atoms with Crippen LogP contribution in [-0.2, 0) is 6.42 Å². The monoisotopic (exact) mass is 246 g/mol. The van der Waals surface area contributed by atoms with Gasteiger partial charge in [-0.3, -0.25) is 0 Å². The first kappa shape index (κ1) is 12.2. The molecular formula is C15H18OS. The molecule has 0 radical (unpaired) electrons. The minimum absolute atomic E-state index is 0.507. The number of hydrogen-bond acceptors (Lipinski definition) is 2. The predicted molar refractivity (Wildman–Crippen MR) is 74.0 cm³/mol. The Hall–Kier alpha value is -1.28.